The first-order chi connectivity index (χ1) is 9.56. The van der Waals surface area contributed by atoms with E-state index in [1.54, 1.807) is 18.2 Å². The Morgan fingerprint density at radius 1 is 1.50 bits per heavy atom. The van der Waals surface area contributed by atoms with Crippen molar-refractivity contribution in [2.75, 3.05) is 6.61 Å². The van der Waals surface area contributed by atoms with Crippen LogP contribution < -0.4 is 5.56 Å². The molecule has 108 valence electrons. The van der Waals surface area contributed by atoms with Gasteiger partial charge < -0.3 is 4.74 Å². The molecule has 2 heterocycles. The number of rotatable bonds is 5. The molecule has 0 saturated carbocycles. The highest BCUT2D eigenvalue weighted by molar-refractivity contribution is 8.00. The molecule has 0 aliphatic rings. The molecule has 0 spiro atoms. The van der Waals surface area contributed by atoms with Crippen molar-refractivity contribution in [3.8, 4) is 0 Å². The van der Waals surface area contributed by atoms with Gasteiger partial charge in [-0.15, -0.1) is 10.2 Å². The van der Waals surface area contributed by atoms with Crippen LogP contribution in [0.4, 0.5) is 0 Å². The highest BCUT2D eigenvalue weighted by Gasteiger charge is 2.22. The van der Waals surface area contributed by atoms with E-state index in [0.29, 0.717) is 24.0 Å². The minimum atomic E-state index is -0.339. The molecule has 0 saturated heterocycles. The van der Waals surface area contributed by atoms with Crippen LogP contribution in [0.5, 0.6) is 0 Å². The normalized spacial score (nSPS) is 12.6. The van der Waals surface area contributed by atoms with E-state index < -0.39 is 0 Å². The minimum absolute atomic E-state index is 0.226. The Balaban J connectivity index is 2.34. The van der Waals surface area contributed by atoms with E-state index in [-0.39, 0.29) is 16.8 Å². The summed E-state index contributed by atoms with van der Waals surface area (Å²) in [5, 5.41) is 8.17. The second-order valence-corrected chi connectivity index (χ2v) is 5.35. The van der Waals surface area contributed by atoms with Crippen LogP contribution in [-0.2, 0) is 9.53 Å². The van der Waals surface area contributed by atoms with Crippen molar-refractivity contribution in [3.63, 3.8) is 0 Å². The second-order valence-electron chi connectivity index (χ2n) is 4.18. The standard InChI is InChI=1S/C12H16N4O3S/c1-4-8(10(18)19-5-2)20-12-15-14-11-13-9(17)6-7(3)16(11)12/h6,8H,4-5H2,1-3H3,(H,13,14,17)/t8-/m0/s1. The lowest BCUT2D eigenvalue weighted by molar-refractivity contribution is -0.142. The number of ether oxygens (including phenoxy) is 1. The van der Waals surface area contributed by atoms with Crippen molar-refractivity contribution in [2.24, 2.45) is 0 Å². The highest BCUT2D eigenvalue weighted by Crippen LogP contribution is 2.25. The molecule has 1 N–H and O–H groups in total. The third-order valence-corrected chi connectivity index (χ3v) is 4.01. The molecule has 7 nitrogen and oxygen atoms in total. The third kappa shape index (κ3) is 2.84. The van der Waals surface area contributed by atoms with Crippen LogP contribution >= 0.6 is 11.8 Å². The van der Waals surface area contributed by atoms with Crippen LogP contribution in [0.1, 0.15) is 26.0 Å². The Bertz CT molecular complexity index is 679. The number of hydrogen-bond acceptors (Lipinski definition) is 6. The number of aryl methyl sites for hydroxylation is 1. The largest absolute Gasteiger partial charge is 0.465 e. The Hall–Kier alpha value is -1.83. The van der Waals surface area contributed by atoms with E-state index in [2.05, 4.69) is 15.2 Å². The molecule has 0 unspecified atom stereocenters. The van der Waals surface area contributed by atoms with E-state index >= 15 is 0 Å². The monoisotopic (exact) mass is 296 g/mol. The number of thioether (sulfide) groups is 1. The fourth-order valence-corrected chi connectivity index (χ4v) is 2.82. The molecule has 0 radical (unpaired) electrons. The number of aromatic nitrogens is 4. The Labute approximate surface area is 119 Å². The van der Waals surface area contributed by atoms with Gasteiger partial charge in [0.15, 0.2) is 5.16 Å². The summed E-state index contributed by atoms with van der Waals surface area (Å²) in [6.07, 6.45) is 0.626. The highest BCUT2D eigenvalue weighted by atomic mass is 32.2. The van der Waals surface area contributed by atoms with Crippen LogP contribution in [-0.4, -0.2) is 37.4 Å². The van der Waals surface area contributed by atoms with Gasteiger partial charge in [0.1, 0.15) is 5.25 Å². The van der Waals surface area contributed by atoms with Crippen molar-refractivity contribution >= 4 is 23.5 Å². The van der Waals surface area contributed by atoms with Crippen molar-refractivity contribution in [1.29, 1.82) is 0 Å². The molecule has 2 rings (SSSR count). The number of nitrogens with zero attached hydrogens (tertiary/aromatic N) is 3. The van der Waals surface area contributed by atoms with Crippen LogP contribution in [0.3, 0.4) is 0 Å². The van der Waals surface area contributed by atoms with E-state index in [4.69, 9.17) is 4.74 Å². The molecule has 8 heteroatoms. The van der Waals surface area contributed by atoms with Gasteiger partial charge in [-0.1, -0.05) is 18.7 Å². The number of carbonyl (C=O) groups excluding carboxylic acids is 1. The first-order valence-corrected chi connectivity index (χ1v) is 7.23. The average molecular weight is 296 g/mol. The summed E-state index contributed by atoms with van der Waals surface area (Å²) >= 11 is 1.29. The maximum absolute atomic E-state index is 11.8. The smallest absolute Gasteiger partial charge is 0.319 e. The molecule has 1 atom stereocenters. The van der Waals surface area contributed by atoms with Crippen molar-refractivity contribution in [2.45, 2.75) is 37.6 Å². The van der Waals surface area contributed by atoms with E-state index in [0.717, 1.165) is 5.69 Å². The van der Waals surface area contributed by atoms with Crippen molar-refractivity contribution in [3.05, 3.63) is 22.1 Å². The van der Waals surface area contributed by atoms with Gasteiger partial charge in [-0.2, -0.15) is 0 Å². The van der Waals surface area contributed by atoms with Gasteiger partial charge in [-0.3, -0.25) is 19.0 Å². The molecule has 0 aliphatic carbocycles. The summed E-state index contributed by atoms with van der Waals surface area (Å²) < 4.78 is 6.75. The summed E-state index contributed by atoms with van der Waals surface area (Å²) in [5.41, 5.74) is 0.492. The van der Waals surface area contributed by atoms with E-state index in [1.807, 2.05) is 6.92 Å². The Morgan fingerprint density at radius 3 is 2.90 bits per heavy atom. The van der Waals surface area contributed by atoms with Crippen LogP contribution in [0.2, 0.25) is 0 Å². The zero-order chi connectivity index (χ0) is 14.7. The van der Waals surface area contributed by atoms with E-state index in [9.17, 15) is 9.59 Å². The molecular formula is C12H16N4O3S. The summed E-state index contributed by atoms with van der Waals surface area (Å²) in [6.45, 7) is 5.83. The number of aromatic amines is 1. The second kappa shape index (κ2) is 6.08. The predicted molar refractivity (Wildman–Crippen MR) is 74.9 cm³/mol. The van der Waals surface area contributed by atoms with Crippen LogP contribution in [0, 0.1) is 6.92 Å². The summed E-state index contributed by atoms with van der Waals surface area (Å²) in [4.78, 5) is 25.8. The summed E-state index contributed by atoms with van der Waals surface area (Å²) in [7, 11) is 0. The van der Waals surface area contributed by atoms with Gasteiger partial charge in [0.05, 0.1) is 6.61 Å². The third-order valence-electron chi connectivity index (χ3n) is 2.73. The van der Waals surface area contributed by atoms with E-state index in [1.165, 1.54) is 17.8 Å². The van der Waals surface area contributed by atoms with Gasteiger partial charge >= 0.3 is 5.97 Å². The van der Waals surface area contributed by atoms with Crippen LogP contribution in [0.15, 0.2) is 16.0 Å². The number of hydrogen-bond donors (Lipinski definition) is 1. The lowest BCUT2D eigenvalue weighted by Crippen LogP contribution is -2.20. The Morgan fingerprint density at radius 2 is 2.25 bits per heavy atom. The molecule has 20 heavy (non-hydrogen) atoms. The lowest BCUT2D eigenvalue weighted by atomic mass is 10.3. The SMILES string of the molecule is CCOC(=O)[C@H](CC)Sc1nnc2[nH]c(=O)cc(C)n12. The van der Waals surface area contributed by atoms with Gasteiger partial charge in [-0.05, 0) is 20.3 Å². The fraction of sp³-hybridized carbons (Fsp3) is 0.500. The van der Waals surface area contributed by atoms with Crippen molar-refractivity contribution in [1.82, 2.24) is 19.6 Å². The molecule has 0 fully saturated rings. The van der Waals surface area contributed by atoms with Gasteiger partial charge in [0, 0.05) is 11.8 Å². The summed E-state index contributed by atoms with van der Waals surface area (Å²) in [5.74, 6) is 0.107. The minimum Gasteiger partial charge on any atom is -0.465 e. The molecule has 0 bridgehead atoms. The number of carbonyl (C=O) groups is 1. The zero-order valence-corrected chi connectivity index (χ0v) is 12.4. The first kappa shape index (κ1) is 14.6. The van der Waals surface area contributed by atoms with Crippen LogP contribution in [0.25, 0.3) is 5.78 Å². The summed E-state index contributed by atoms with van der Waals surface area (Å²) in [6, 6.07) is 1.46. The number of fused-ring (bicyclic) bond motifs is 1. The maximum atomic E-state index is 11.8. The zero-order valence-electron chi connectivity index (χ0n) is 11.5. The molecule has 0 aromatic carbocycles. The fourth-order valence-electron chi connectivity index (χ4n) is 1.81. The molecule has 2 aromatic heterocycles. The molecule has 2 aromatic rings. The van der Waals surface area contributed by atoms with Crippen molar-refractivity contribution < 1.29 is 9.53 Å². The molecule has 0 aliphatic heterocycles. The number of nitrogens with one attached hydrogen (secondary N) is 1. The Kier molecular flexibility index (Phi) is 4.43. The average Bonchev–Trinajstić information content (AvgIpc) is 2.79. The quantitative estimate of drug-likeness (QED) is 0.658. The molecular weight excluding hydrogens is 280 g/mol. The number of H-pyrrole nitrogens is 1. The van der Waals surface area contributed by atoms with Gasteiger partial charge in [-0.25, -0.2) is 0 Å². The topological polar surface area (TPSA) is 89.3 Å². The molecule has 0 amide bonds. The lowest BCUT2D eigenvalue weighted by Gasteiger charge is -2.12. The van der Waals surface area contributed by atoms with Gasteiger partial charge in [0.25, 0.3) is 5.56 Å². The first-order valence-electron chi connectivity index (χ1n) is 6.35. The maximum Gasteiger partial charge on any atom is 0.319 e. The predicted octanol–water partition coefficient (Wildman–Crippen LogP) is 1.16. The van der Waals surface area contributed by atoms with Gasteiger partial charge in [0.2, 0.25) is 5.78 Å². The number of esters is 1.